The van der Waals surface area contributed by atoms with E-state index in [-0.39, 0.29) is 25.2 Å². The number of unbranched alkanes of at least 4 members (excludes halogenated alkanes) is 54. The third-order valence-corrected chi connectivity index (χ3v) is 21.8. The standard InChI is InChI=1S/C100H170O10/c1-9-15-21-27-33-39-45-51-57-63-73-103-95-79-90(70-72-92-82-100(108-78-68-62-56-50-44-38-32-26-20-14-6)94(86-110-88(8)102)84-98(92)106-76-66-60-54-48-42-36-30-24-18-12-4)96(104-74-64-58-52-46-40-34-28-22-16-10-2)80-89(95)69-71-91-81-99(107-77-67-61-55-49-43-37-31-25-19-13-5)93(85-109-87(7)101)83-97(91)105-75-65-59-53-47-41-35-29-23-17-11-3/h69-72,79-84H,9-68,73-78,85-86H2,1-8H3/b71-69+,72-70+. The monoisotopic (exact) mass is 1530 g/mol. The van der Waals surface area contributed by atoms with E-state index in [0.29, 0.717) is 51.1 Å². The molecular formula is C100H170O10. The lowest BCUT2D eigenvalue weighted by Crippen LogP contribution is -2.06. The molecule has 3 aromatic carbocycles. The minimum Gasteiger partial charge on any atom is -0.493 e. The summed E-state index contributed by atoms with van der Waals surface area (Å²) >= 11 is 0. The van der Waals surface area contributed by atoms with Gasteiger partial charge in [-0.15, -0.1) is 0 Å². The Labute approximate surface area is 677 Å². The van der Waals surface area contributed by atoms with Gasteiger partial charge in [-0.3, -0.25) is 9.59 Å². The van der Waals surface area contributed by atoms with Gasteiger partial charge in [-0.25, -0.2) is 0 Å². The molecule has 0 N–H and O–H groups in total. The number of esters is 2. The molecule has 0 amide bonds. The zero-order valence-electron chi connectivity index (χ0n) is 72.9. The minimum absolute atomic E-state index is 0.103. The first-order chi connectivity index (χ1) is 54.2. The lowest BCUT2D eigenvalue weighted by molar-refractivity contribution is -0.143. The van der Waals surface area contributed by atoms with Crippen molar-refractivity contribution >= 4 is 36.2 Å². The molecule has 0 aliphatic carbocycles. The normalized spacial score (nSPS) is 11.6. The zero-order chi connectivity index (χ0) is 78.9. The molecule has 10 nitrogen and oxygen atoms in total. The Balaban J connectivity index is 2.24. The summed E-state index contributed by atoms with van der Waals surface area (Å²) in [7, 11) is 0. The number of hydrogen-bond acceptors (Lipinski definition) is 10. The highest BCUT2D eigenvalue weighted by molar-refractivity contribution is 5.81. The third-order valence-electron chi connectivity index (χ3n) is 21.8. The van der Waals surface area contributed by atoms with Crippen LogP contribution < -0.4 is 28.4 Å². The molecule has 10 heteroatoms. The lowest BCUT2D eigenvalue weighted by Gasteiger charge is -2.18. The van der Waals surface area contributed by atoms with Crippen LogP contribution in [0.4, 0.5) is 0 Å². The van der Waals surface area contributed by atoms with E-state index in [4.69, 9.17) is 37.9 Å². The molecule has 0 spiro atoms. The number of carbonyl (C=O) groups excluding carboxylic acids is 2. The van der Waals surface area contributed by atoms with Crippen LogP contribution in [0.5, 0.6) is 34.5 Å². The summed E-state index contributed by atoms with van der Waals surface area (Å²) in [6.07, 6.45) is 83.5. The minimum atomic E-state index is -0.326. The fourth-order valence-corrected chi connectivity index (χ4v) is 14.7. The smallest absolute Gasteiger partial charge is 0.302 e. The molecule has 3 aromatic rings. The van der Waals surface area contributed by atoms with Gasteiger partial charge >= 0.3 is 11.9 Å². The quantitative estimate of drug-likeness (QED) is 0.0308. The maximum Gasteiger partial charge on any atom is 0.302 e. The van der Waals surface area contributed by atoms with Gasteiger partial charge in [0.2, 0.25) is 0 Å². The molecule has 0 saturated carbocycles. The zero-order valence-corrected chi connectivity index (χ0v) is 72.9. The number of rotatable bonds is 80. The van der Waals surface area contributed by atoms with Crippen molar-refractivity contribution in [1.82, 2.24) is 0 Å². The third kappa shape index (κ3) is 53.8. The van der Waals surface area contributed by atoms with Gasteiger partial charge in [-0.1, -0.05) is 413 Å². The van der Waals surface area contributed by atoms with Crippen molar-refractivity contribution < 1.29 is 47.5 Å². The van der Waals surface area contributed by atoms with Gasteiger partial charge in [0.05, 0.1) is 39.6 Å². The van der Waals surface area contributed by atoms with Crippen LogP contribution >= 0.6 is 0 Å². The molecule has 0 fully saturated rings. The van der Waals surface area contributed by atoms with E-state index in [1.165, 1.54) is 322 Å². The van der Waals surface area contributed by atoms with Crippen LogP contribution in [-0.4, -0.2) is 51.6 Å². The Morgan fingerprint density at radius 1 is 0.209 bits per heavy atom. The van der Waals surface area contributed by atoms with Crippen molar-refractivity contribution in [3.8, 4) is 34.5 Å². The van der Waals surface area contributed by atoms with Crippen molar-refractivity contribution in [2.24, 2.45) is 0 Å². The van der Waals surface area contributed by atoms with Crippen molar-refractivity contribution in [3.05, 3.63) is 69.8 Å². The summed E-state index contributed by atoms with van der Waals surface area (Å²) in [5.74, 6) is 3.83. The summed E-state index contributed by atoms with van der Waals surface area (Å²) in [5.41, 5.74) is 5.24. The molecule has 0 heterocycles. The summed E-state index contributed by atoms with van der Waals surface area (Å²) in [6, 6.07) is 12.7. The second kappa shape index (κ2) is 72.8. The summed E-state index contributed by atoms with van der Waals surface area (Å²) < 4.78 is 52.7. The fraction of sp³-hybridized carbons (Fsp3) is 0.760. The molecule has 0 saturated heterocycles. The molecule has 110 heavy (non-hydrogen) atoms. The lowest BCUT2D eigenvalue weighted by atomic mass is 10.0. The highest BCUT2D eigenvalue weighted by Gasteiger charge is 2.18. The van der Waals surface area contributed by atoms with Crippen molar-refractivity contribution in [2.75, 3.05) is 39.6 Å². The number of hydrogen-bond donors (Lipinski definition) is 0. The van der Waals surface area contributed by atoms with Crippen LogP contribution in [0.3, 0.4) is 0 Å². The Morgan fingerprint density at radius 3 is 0.527 bits per heavy atom. The molecule has 0 atom stereocenters. The predicted octanol–water partition coefficient (Wildman–Crippen LogP) is 32.0. The first kappa shape index (κ1) is 99.1. The summed E-state index contributed by atoms with van der Waals surface area (Å²) in [5, 5.41) is 0. The van der Waals surface area contributed by atoms with Gasteiger partial charge in [-0.05, 0) is 74.9 Å². The first-order valence-corrected chi connectivity index (χ1v) is 47.1. The molecule has 0 aromatic heterocycles. The van der Waals surface area contributed by atoms with E-state index in [2.05, 4.69) is 102 Å². The van der Waals surface area contributed by atoms with Crippen LogP contribution in [-0.2, 0) is 32.3 Å². The first-order valence-electron chi connectivity index (χ1n) is 47.1. The Hall–Kier alpha value is -5.12. The van der Waals surface area contributed by atoms with E-state index in [0.717, 1.165) is 133 Å². The molecule has 0 aliphatic heterocycles. The van der Waals surface area contributed by atoms with E-state index >= 15 is 0 Å². The summed E-state index contributed by atoms with van der Waals surface area (Å²) in [4.78, 5) is 25.0. The maximum atomic E-state index is 12.5. The molecule has 0 radical (unpaired) electrons. The molecular weight excluding hydrogens is 1360 g/mol. The number of carbonyl (C=O) groups is 2. The van der Waals surface area contributed by atoms with Crippen molar-refractivity contribution in [1.29, 1.82) is 0 Å². The Kier molecular flexibility index (Phi) is 65.6. The molecule has 0 aliphatic rings. The van der Waals surface area contributed by atoms with E-state index in [1.54, 1.807) is 0 Å². The highest BCUT2D eigenvalue weighted by atomic mass is 16.5. The van der Waals surface area contributed by atoms with E-state index in [9.17, 15) is 9.59 Å². The summed E-state index contributed by atoms with van der Waals surface area (Å²) in [6.45, 7) is 20.4. The highest BCUT2D eigenvalue weighted by Crippen LogP contribution is 2.38. The molecule has 0 unspecified atom stereocenters. The van der Waals surface area contributed by atoms with Gasteiger partial charge in [0.25, 0.3) is 0 Å². The van der Waals surface area contributed by atoms with E-state index < -0.39 is 0 Å². The average Bonchev–Trinajstić information content (AvgIpc) is 0.815. The second-order valence-electron chi connectivity index (χ2n) is 32.3. The molecule has 0 bridgehead atoms. The Morgan fingerprint density at radius 2 is 0.355 bits per heavy atom. The predicted molar refractivity (Wildman–Crippen MR) is 472 cm³/mol. The maximum absolute atomic E-state index is 12.5. The molecule has 3 rings (SSSR count). The number of ether oxygens (including phenoxy) is 8. The number of benzene rings is 3. The van der Waals surface area contributed by atoms with Gasteiger partial charge in [0.1, 0.15) is 47.7 Å². The molecule has 630 valence electrons. The van der Waals surface area contributed by atoms with Crippen molar-refractivity contribution in [3.63, 3.8) is 0 Å². The van der Waals surface area contributed by atoms with Crippen LogP contribution in [0.1, 0.15) is 474 Å². The van der Waals surface area contributed by atoms with Crippen LogP contribution in [0.2, 0.25) is 0 Å². The van der Waals surface area contributed by atoms with Crippen molar-refractivity contribution in [2.45, 2.75) is 454 Å². The van der Waals surface area contributed by atoms with Gasteiger partial charge in [0, 0.05) is 47.2 Å². The average molecular weight is 1530 g/mol. The van der Waals surface area contributed by atoms with Crippen LogP contribution in [0, 0.1) is 0 Å². The Bertz CT molecular complexity index is 2510. The largest absolute Gasteiger partial charge is 0.493 e. The van der Waals surface area contributed by atoms with Crippen LogP contribution in [0.15, 0.2) is 36.4 Å². The second-order valence-corrected chi connectivity index (χ2v) is 32.3. The van der Waals surface area contributed by atoms with Gasteiger partial charge in [0.15, 0.2) is 0 Å². The van der Waals surface area contributed by atoms with Gasteiger partial charge < -0.3 is 37.9 Å². The van der Waals surface area contributed by atoms with Crippen LogP contribution in [0.25, 0.3) is 24.3 Å². The fourth-order valence-electron chi connectivity index (χ4n) is 14.7. The SMILES string of the molecule is CCCCCCCCCCCCOc1cc(/C=C/c2cc(OCCCCCCCCCCCC)c(COC(C)=O)cc2OCCCCCCCCCCCC)c(OCCCCCCCCCCCC)cc1/C=C/c1cc(OCCCCCCCCCCCC)c(COC(C)=O)cc1OCCCCCCCCCCCC. The van der Waals surface area contributed by atoms with E-state index in [1.807, 2.05) is 0 Å². The topological polar surface area (TPSA) is 108 Å². The van der Waals surface area contributed by atoms with Gasteiger partial charge in [-0.2, -0.15) is 0 Å².